The first-order valence-electron chi connectivity index (χ1n) is 6.63. The molecule has 0 aliphatic carbocycles. The Morgan fingerprint density at radius 1 is 1.42 bits per heavy atom. The lowest BCUT2D eigenvalue weighted by molar-refractivity contribution is 0.0754. The third-order valence-electron chi connectivity index (χ3n) is 3.57. The Morgan fingerprint density at radius 2 is 2.21 bits per heavy atom. The average Bonchev–Trinajstić information content (AvgIpc) is 2.63. The van der Waals surface area contributed by atoms with Crippen molar-refractivity contribution in [2.75, 3.05) is 13.1 Å². The summed E-state index contributed by atoms with van der Waals surface area (Å²) in [6, 6.07) is 3.45. The maximum atomic E-state index is 12.3. The van der Waals surface area contributed by atoms with Crippen LogP contribution >= 0.6 is 12.2 Å². The number of rotatable bonds is 2. The van der Waals surface area contributed by atoms with E-state index in [-0.39, 0.29) is 5.91 Å². The minimum Gasteiger partial charge on any atom is -0.389 e. The highest BCUT2D eigenvalue weighted by molar-refractivity contribution is 7.80. The number of nitrogens with zero attached hydrogens (tertiary/aromatic N) is 2. The van der Waals surface area contributed by atoms with Gasteiger partial charge in [0, 0.05) is 24.8 Å². The number of amides is 1. The van der Waals surface area contributed by atoms with Gasteiger partial charge in [-0.05, 0) is 37.3 Å². The number of thiocarbonyl (C=S) groups is 1. The Balaban J connectivity index is 2.08. The van der Waals surface area contributed by atoms with Gasteiger partial charge in [-0.3, -0.25) is 9.78 Å². The fraction of sp³-hybridized carbons (Fsp3) is 0.500. The molecule has 0 radical (unpaired) electrons. The summed E-state index contributed by atoms with van der Waals surface area (Å²) in [6.45, 7) is 3.88. The summed E-state index contributed by atoms with van der Waals surface area (Å²) in [5.74, 6) is 0.700. The Morgan fingerprint density at radius 3 is 2.84 bits per heavy atom. The van der Waals surface area contributed by atoms with Gasteiger partial charge in [0.25, 0.3) is 5.91 Å². The molecule has 1 aromatic rings. The quantitative estimate of drug-likeness (QED) is 0.840. The fourth-order valence-electron chi connectivity index (χ4n) is 2.29. The van der Waals surface area contributed by atoms with Crippen molar-refractivity contribution in [1.82, 2.24) is 9.88 Å². The first kappa shape index (κ1) is 13.9. The lowest BCUT2D eigenvalue weighted by Crippen LogP contribution is -2.32. The van der Waals surface area contributed by atoms with E-state index in [0.29, 0.717) is 22.2 Å². The molecular formula is C14H19N3OS. The molecule has 5 heteroatoms. The van der Waals surface area contributed by atoms with Gasteiger partial charge in [-0.1, -0.05) is 19.1 Å². The Hall–Kier alpha value is -1.49. The zero-order valence-electron chi connectivity index (χ0n) is 11.1. The second-order valence-corrected chi connectivity index (χ2v) is 5.56. The van der Waals surface area contributed by atoms with Crippen LogP contribution in [0.1, 0.15) is 42.2 Å². The van der Waals surface area contributed by atoms with Gasteiger partial charge in [-0.2, -0.15) is 0 Å². The monoisotopic (exact) mass is 277 g/mol. The second kappa shape index (κ2) is 6.10. The predicted molar refractivity (Wildman–Crippen MR) is 79.0 cm³/mol. The summed E-state index contributed by atoms with van der Waals surface area (Å²) >= 11 is 4.87. The summed E-state index contributed by atoms with van der Waals surface area (Å²) in [7, 11) is 0. The van der Waals surface area contributed by atoms with Crippen LogP contribution < -0.4 is 5.73 Å². The van der Waals surface area contributed by atoms with Gasteiger partial charge in [-0.25, -0.2) is 0 Å². The van der Waals surface area contributed by atoms with Crippen LogP contribution in [0.3, 0.4) is 0 Å². The van der Waals surface area contributed by atoms with E-state index in [4.69, 9.17) is 18.0 Å². The second-order valence-electron chi connectivity index (χ2n) is 5.12. The molecule has 2 heterocycles. The van der Waals surface area contributed by atoms with Gasteiger partial charge in [0.05, 0.1) is 0 Å². The fourth-order valence-corrected chi connectivity index (χ4v) is 2.41. The van der Waals surface area contributed by atoms with E-state index in [1.807, 2.05) is 4.90 Å². The number of hydrogen-bond donors (Lipinski definition) is 1. The Kier molecular flexibility index (Phi) is 4.47. The molecule has 1 amide bonds. The molecule has 102 valence electrons. The van der Waals surface area contributed by atoms with Crippen molar-refractivity contribution in [3.63, 3.8) is 0 Å². The third kappa shape index (κ3) is 3.50. The van der Waals surface area contributed by atoms with Gasteiger partial charge in [-0.15, -0.1) is 0 Å². The number of nitrogens with two attached hydrogens (primary N) is 1. The molecule has 0 aromatic carbocycles. The Bertz CT molecular complexity index is 472. The van der Waals surface area contributed by atoms with Crippen molar-refractivity contribution in [3.8, 4) is 0 Å². The number of pyridine rings is 1. The summed E-state index contributed by atoms with van der Waals surface area (Å²) < 4.78 is 0. The van der Waals surface area contributed by atoms with Crippen molar-refractivity contribution in [2.45, 2.75) is 26.2 Å². The average molecular weight is 277 g/mol. The van der Waals surface area contributed by atoms with Crippen molar-refractivity contribution in [3.05, 3.63) is 29.6 Å². The molecule has 1 aliphatic rings. The largest absolute Gasteiger partial charge is 0.389 e. The smallest absolute Gasteiger partial charge is 0.272 e. The number of likely N-dealkylation sites (tertiary alicyclic amines) is 1. The Labute approximate surface area is 119 Å². The molecule has 0 bridgehead atoms. The van der Waals surface area contributed by atoms with Crippen LogP contribution in [0.4, 0.5) is 0 Å². The van der Waals surface area contributed by atoms with Crippen LogP contribution in [-0.2, 0) is 0 Å². The van der Waals surface area contributed by atoms with Crippen LogP contribution in [0.15, 0.2) is 18.3 Å². The van der Waals surface area contributed by atoms with E-state index in [0.717, 1.165) is 25.9 Å². The van der Waals surface area contributed by atoms with Crippen molar-refractivity contribution in [1.29, 1.82) is 0 Å². The molecule has 2 N–H and O–H groups in total. The highest BCUT2D eigenvalue weighted by Crippen LogP contribution is 2.17. The van der Waals surface area contributed by atoms with Gasteiger partial charge in [0.1, 0.15) is 10.7 Å². The van der Waals surface area contributed by atoms with E-state index in [9.17, 15) is 4.79 Å². The zero-order chi connectivity index (χ0) is 13.8. The molecule has 1 unspecified atom stereocenters. The molecule has 1 aliphatic heterocycles. The minimum absolute atomic E-state index is 0.00332. The van der Waals surface area contributed by atoms with Crippen LogP contribution in [0.5, 0.6) is 0 Å². The summed E-state index contributed by atoms with van der Waals surface area (Å²) in [5, 5.41) is 0. The van der Waals surface area contributed by atoms with E-state index >= 15 is 0 Å². The maximum absolute atomic E-state index is 12.3. The van der Waals surface area contributed by atoms with Crippen molar-refractivity contribution >= 4 is 23.1 Å². The van der Waals surface area contributed by atoms with Crippen LogP contribution in [0.2, 0.25) is 0 Å². The molecule has 1 fully saturated rings. The molecule has 1 atom stereocenters. The van der Waals surface area contributed by atoms with Crippen molar-refractivity contribution in [2.24, 2.45) is 11.7 Å². The predicted octanol–water partition coefficient (Wildman–Crippen LogP) is 1.98. The minimum atomic E-state index is 0.00332. The van der Waals surface area contributed by atoms with E-state index < -0.39 is 0 Å². The van der Waals surface area contributed by atoms with E-state index in [1.165, 1.54) is 6.42 Å². The van der Waals surface area contributed by atoms with Crippen molar-refractivity contribution < 1.29 is 4.79 Å². The molecular weight excluding hydrogens is 258 g/mol. The highest BCUT2D eigenvalue weighted by Gasteiger charge is 2.20. The molecule has 4 nitrogen and oxygen atoms in total. The molecule has 2 rings (SSSR count). The molecule has 0 spiro atoms. The number of carbonyl (C=O) groups is 1. The lowest BCUT2D eigenvalue weighted by Gasteiger charge is -2.20. The zero-order valence-corrected chi connectivity index (χ0v) is 11.9. The summed E-state index contributed by atoms with van der Waals surface area (Å²) in [5.41, 5.74) is 6.67. The van der Waals surface area contributed by atoms with Gasteiger partial charge >= 0.3 is 0 Å². The van der Waals surface area contributed by atoms with Crippen LogP contribution in [0, 0.1) is 5.92 Å². The number of carbonyl (C=O) groups excluding carboxylic acids is 1. The standard InChI is InChI=1S/C14H19N3OS/c1-10-3-2-7-17(8-6-10)14(18)12-5-4-11(9-16-12)13(15)19/h4-5,9-10H,2-3,6-8H2,1H3,(H2,15,19). The summed E-state index contributed by atoms with van der Waals surface area (Å²) in [4.78, 5) is 18.7. The first-order valence-corrected chi connectivity index (χ1v) is 7.04. The molecule has 1 aromatic heterocycles. The molecule has 1 saturated heterocycles. The highest BCUT2D eigenvalue weighted by atomic mass is 32.1. The van der Waals surface area contributed by atoms with Gasteiger partial charge in [0.15, 0.2) is 0 Å². The topological polar surface area (TPSA) is 59.2 Å². The molecule has 0 saturated carbocycles. The SMILES string of the molecule is CC1CCCN(C(=O)c2ccc(C(N)=S)cn2)CC1. The van der Waals surface area contributed by atoms with Gasteiger partial charge in [0.2, 0.25) is 0 Å². The number of hydrogen-bond acceptors (Lipinski definition) is 3. The number of aromatic nitrogens is 1. The van der Waals surface area contributed by atoms with E-state index in [2.05, 4.69) is 11.9 Å². The first-order chi connectivity index (χ1) is 9.08. The third-order valence-corrected chi connectivity index (χ3v) is 3.81. The lowest BCUT2D eigenvalue weighted by atomic mass is 10.0. The maximum Gasteiger partial charge on any atom is 0.272 e. The van der Waals surface area contributed by atoms with E-state index in [1.54, 1.807) is 18.3 Å². The normalized spacial score (nSPS) is 19.8. The molecule has 19 heavy (non-hydrogen) atoms. The van der Waals surface area contributed by atoms with Crippen LogP contribution in [0.25, 0.3) is 0 Å². The summed E-state index contributed by atoms with van der Waals surface area (Å²) in [6.07, 6.45) is 4.89. The van der Waals surface area contributed by atoms with Gasteiger partial charge < -0.3 is 10.6 Å². The van der Waals surface area contributed by atoms with Crippen LogP contribution in [-0.4, -0.2) is 33.9 Å².